The third-order valence-corrected chi connectivity index (χ3v) is 10.1. The zero-order valence-corrected chi connectivity index (χ0v) is 27.9. The predicted molar refractivity (Wildman–Crippen MR) is 183 cm³/mol. The van der Waals surface area contributed by atoms with Crippen molar-refractivity contribution in [3.05, 3.63) is 93.8 Å². The van der Waals surface area contributed by atoms with E-state index in [2.05, 4.69) is 26.3 Å². The van der Waals surface area contributed by atoms with Crippen molar-refractivity contribution >= 4 is 40.6 Å². The first-order valence-electron chi connectivity index (χ1n) is 16.7. The van der Waals surface area contributed by atoms with Gasteiger partial charge in [0, 0.05) is 62.7 Å². The number of oxime groups is 1. The molecule has 3 aromatic carbocycles. The summed E-state index contributed by atoms with van der Waals surface area (Å²) in [5, 5.41) is 16.9. The van der Waals surface area contributed by atoms with Gasteiger partial charge >= 0.3 is 5.97 Å². The SMILES string of the molecule is CCOC(Nc1ccc(C(=O)O)cc1)[C@H]1c2cccc(N3CCN(C4COC4)CC3)c2CCN1C(=O)[C@H]1CC(c2cccc(Cl)c2F)=NO1. The van der Waals surface area contributed by atoms with Crippen LogP contribution >= 0.6 is 11.6 Å². The number of hydrogen-bond donors (Lipinski definition) is 2. The molecule has 0 saturated carbocycles. The highest BCUT2D eigenvalue weighted by molar-refractivity contribution is 6.31. The van der Waals surface area contributed by atoms with Gasteiger partial charge in [0.05, 0.1) is 35.6 Å². The van der Waals surface area contributed by atoms with Crippen LogP contribution < -0.4 is 10.2 Å². The number of fused-ring (bicyclic) bond motifs is 1. The first-order chi connectivity index (χ1) is 23.8. The first-order valence-corrected chi connectivity index (χ1v) is 17.1. The van der Waals surface area contributed by atoms with E-state index in [4.69, 9.17) is 25.9 Å². The number of carboxylic acids is 1. The van der Waals surface area contributed by atoms with Crippen LogP contribution in [0.2, 0.25) is 5.02 Å². The van der Waals surface area contributed by atoms with Crippen LogP contribution in [-0.4, -0.2) is 103 Å². The van der Waals surface area contributed by atoms with E-state index in [1.165, 1.54) is 18.2 Å². The molecule has 2 saturated heterocycles. The predicted octanol–water partition coefficient (Wildman–Crippen LogP) is 4.79. The van der Waals surface area contributed by atoms with Crippen molar-refractivity contribution in [2.75, 3.05) is 62.8 Å². The van der Waals surface area contributed by atoms with Crippen molar-refractivity contribution in [3.63, 3.8) is 0 Å². The van der Waals surface area contributed by atoms with E-state index in [-0.39, 0.29) is 28.5 Å². The molecule has 4 aliphatic heterocycles. The summed E-state index contributed by atoms with van der Waals surface area (Å²) in [4.78, 5) is 38.2. The molecule has 4 heterocycles. The van der Waals surface area contributed by atoms with Crippen LogP contribution in [0.15, 0.2) is 65.8 Å². The number of ether oxygens (including phenoxy) is 2. The summed E-state index contributed by atoms with van der Waals surface area (Å²) < 4.78 is 26.6. The Hall–Kier alpha value is -4.23. The van der Waals surface area contributed by atoms with E-state index < -0.39 is 30.2 Å². The average Bonchev–Trinajstić information content (AvgIpc) is 3.58. The van der Waals surface area contributed by atoms with Crippen molar-refractivity contribution in [3.8, 4) is 0 Å². The lowest BCUT2D eigenvalue weighted by atomic mass is 9.88. The summed E-state index contributed by atoms with van der Waals surface area (Å²) in [5.41, 5.74) is 4.61. The summed E-state index contributed by atoms with van der Waals surface area (Å²) in [7, 11) is 0. The van der Waals surface area contributed by atoms with Crippen molar-refractivity contribution < 1.29 is 33.4 Å². The Morgan fingerprint density at radius 1 is 1.06 bits per heavy atom. The fourth-order valence-electron chi connectivity index (χ4n) is 7.16. The van der Waals surface area contributed by atoms with Crippen LogP contribution in [0, 0.1) is 5.82 Å². The highest BCUT2D eigenvalue weighted by Gasteiger charge is 2.43. The zero-order valence-electron chi connectivity index (χ0n) is 27.2. The molecule has 0 aromatic heterocycles. The Morgan fingerprint density at radius 3 is 2.51 bits per heavy atom. The van der Waals surface area contributed by atoms with Crippen molar-refractivity contribution in [1.29, 1.82) is 0 Å². The van der Waals surface area contributed by atoms with E-state index in [1.807, 2.05) is 19.1 Å². The number of piperazine rings is 1. The maximum atomic E-state index is 14.9. The highest BCUT2D eigenvalue weighted by Crippen LogP contribution is 2.40. The van der Waals surface area contributed by atoms with Crippen LogP contribution in [0.5, 0.6) is 0 Å². The van der Waals surface area contributed by atoms with Gasteiger partial charge in [0.2, 0.25) is 6.10 Å². The Labute approximate surface area is 289 Å². The smallest absolute Gasteiger partial charge is 0.335 e. The van der Waals surface area contributed by atoms with Gasteiger partial charge in [-0.05, 0) is 66.9 Å². The number of benzene rings is 3. The number of carbonyl (C=O) groups is 2. The maximum absolute atomic E-state index is 14.9. The first kappa shape index (κ1) is 33.3. The molecule has 258 valence electrons. The lowest BCUT2D eigenvalue weighted by molar-refractivity contribution is -0.148. The van der Waals surface area contributed by atoms with Crippen molar-refractivity contribution in [2.24, 2.45) is 5.16 Å². The molecule has 0 aliphatic carbocycles. The molecule has 3 atom stereocenters. The van der Waals surface area contributed by atoms with Gasteiger partial charge in [-0.2, -0.15) is 0 Å². The Kier molecular flexibility index (Phi) is 9.73. The molecule has 2 fully saturated rings. The summed E-state index contributed by atoms with van der Waals surface area (Å²) in [6, 6.07) is 17.3. The van der Waals surface area contributed by atoms with E-state index >= 15 is 0 Å². The van der Waals surface area contributed by atoms with Crippen LogP contribution in [0.25, 0.3) is 0 Å². The molecule has 2 N–H and O–H groups in total. The third-order valence-electron chi connectivity index (χ3n) is 9.80. The molecular weight excluding hydrogens is 653 g/mol. The van der Waals surface area contributed by atoms with Crippen LogP contribution in [0.4, 0.5) is 15.8 Å². The number of carbonyl (C=O) groups excluding carboxylic acids is 1. The number of nitrogens with one attached hydrogen (secondary N) is 1. The number of carboxylic acid groups (broad SMARTS) is 1. The van der Waals surface area contributed by atoms with Gasteiger partial charge in [0.15, 0.2) is 12.0 Å². The van der Waals surface area contributed by atoms with Gasteiger partial charge in [-0.1, -0.05) is 35.0 Å². The number of hydrogen-bond acceptors (Lipinski definition) is 9. The summed E-state index contributed by atoms with van der Waals surface area (Å²) >= 11 is 6.03. The van der Waals surface area contributed by atoms with Gasteiger partial charge in [-0.3, -0.25) is 9.69 Å². The zero-order chi connectivity index (χ0) is 34.1. The molecule has 1 amide bonds. The molecule has 1 unspecified atom stereocenters. The normalized spacial score (nSPS) is 21.7. The number of nitrogens with zero attached hydrogens (tertiary/aromatic N) is 4. The van der Waals surface area contributed by atoms with Gasteiger partial charge < -0.3 is 34.5 Å². The molecule has 3 aromatic rings. The number of halogens is 2. The molecule has 0 spiro atoms. The molecule has 49 heavy (non-hydrogen) atoms. The van der Waals surface area contributed by atoms with Gasteiger partial charge in [-0.15, -0.1) is 0 Å². The second-order valence-electron chi connectivity index (χ2n) is 12.6. The molecule has 11 nitrogen and oxygen atoms in total. The standard InChI is InChI=1S/C36H39ClFN5O6/c1-2-48-34(39-23-11-9-22(10-12-23)36(45)46)33-26-5-4-8-30(42-17-15-41(16-18-42)24-20-47-21-24)25(26)13-14-43(33)35(44)31-19-29(40-49-31)27-6-3-7-28(37)32(27)38/h3-12,24,31,33-34,39H,2,13-21H2,1H3,(H,45,46)/t31-,33-,34?/m1/s1. The van der Waals surface area contributed by atoms with E-state index in [0.29, 0.717) is 37.0 Å². The van der Waals surface area contributed by atoms with Gasteiger partial charge in [0.1, 0.15) is 6.04 Å². The molecule has 0 bridgehead atoms. The largest absolute Gasteiger partial charge is 0.478 e. The maximum Gasteiger partial charge on any atom is 0.335 e. The number of anilines is 2. The molecular formula is C36H39ClFN5O6. The number of aromatic carboxylic acids is 1. The lowest BCUT2D eigenvalue weighted by Crippen LogP contribution is -2.57. The van der Waals surface area contributed by atoms with E-state index in [9.17, 15) is 19.1 Å². The Balaban J connectivity index is 1.19. The summed E-state index contributed by atoms with van der Waals surface area (Å²) in [6.45, 7) is 7.92. The topological polar surface area (TPSA) is 116 Å². The average molecular weight is 692 g/mol. The monoisotopic (exact) mass is 691 g/mol. The summed E-state index contributed by atoms with van der Waals surface area (Å²) in [6.07, 6.45) is -0.936. The van der Waals surface area contributed by atoms with Gasteiger partial charge in [-0.25, -0.2) is 9.18 Å². The molecule has 4 aliphatic rings. The fourth-order valence-corrected chi connectivity index (χ4v) is 7.33. The minimum absolute atomic E-state index is 0.0287. The third kappa shape index (κ3) is 6.70. The van der Waals surface area contributed by atoms with Crippen LogP contribution in [0.1, 0.15) is 46.4 Å². The van der Waals surface area contributed by atoms with Gasteiger partial charge in [0.25, 0.3) is 5.91 Å². The van der Waals surface area contributed by atoms with Crippen molar-refractivity contribution in [1.82, 2.24) is 9.80 Å². The second kappa shape index (κ2) is 14.3. The van der Waals surface area contributed by atoms with E-state index in [1.54, 1.807) is 29.2 Å². The Morgan fingerprint density at radius 2 is 1.82 bits per heavy atom. The summed E-state index contributed by atoms with van der Waals surface area (Å²) in [5.74, 6) is -1.91. The molecule has 13 heteroatoms. The van der Waals surface area contributed by atoms with Crippen LogP contribution in [0.3, 0.4) is 0 Å². The molecule has 7 rings (SSSR count). The number of rotatable bonds is 10. The molecule has 0 radical (unpaired) electrons. The minimum Gasteiger partial charge on any atom is -0.478 e. The Bertz CT molecular complexity index is 1730. The minimum atomic E-state index is -1.02. The fraction of sp³-hybridized carbons (Fsp3) is 0.417. The van der Waals surface area contributed by atoms with Crippen LogP contribution in [-0.2, 0) is 25.5 Å². The second-order valence-corrected chi connectivity index (χ2v) is 13.0. The highest BCUT2D eigenvalue weighted by atomic mass is 35.5. The number of amides is 1. The van der Waals surface area contributed by atoms with E-state index in [0.717, 1.165) is 56.2 Å². The quantitative estimate of drug-likeness (QED) is 0.290. The van der Waals surface area contributed by atoms with Crippen molar-refractivity contribution in [2.45, 2.75) is 44.2 Å². The lowest BCUT2D eigenvalue weighted by Gasteiger charge is -2.45.